The Kier molecular flexibility index (Phi) is 4.91. The minimum atomic E-state index is -3.87. The highest BCUT2D eigenvalue weighted by atomic mass is 79.9. The number of hydrogen-bond donors (Lipinski definition) is 0. The van der Waals surface area contributed by atoms with E-state index in [2.05, 4.69) is 20.9 Å². The van der Waals surface area contributed by atoms with Crippen LogP contribution >= 0.6 is 26.6 Å². The fourth-order valence-corrected chi connectivity index (χ4v) is 3.50. The first-order valence-electron chi connectivity index (χ1n) is 6.05. The predicted molar refractivity (Wildman–Crippen MR) is 85.2 cm³/mol. The minimum Gasteiger partial charge on any atom is -0.487 e. The number of ether oxygens (including phenoxy) is 1. The lowest BCUT2D eigenvalue weighted by molar-refractivity contribution is 0.295. The summed E-state index contributed by atoms with van der Waals surface area (Å²) in [6, 6.07) is 5.20. The van der Waals surface area contributed by atoms with Gasteiger partial charge in [0.05, 0.1) is 0 Å². The molecule has 0 aliphatic carbocycles. The number of halogens is 2. The number of aryl methyl sites for hydroxylation is 2. The Morgan fingerprint density at radius 3 is 2.57 bits per heavy atom. The molecule has 112 valence electrons. The van der Waals surface area contributed by atoms with Crippen molar-refractivity contribution >= 4 is 35.7 Å². The molecule has 4 nitrogen and oxygen atoms in total. The third kappa shape index (κ3) is 4.18. The van der Waals surface area contributed by atoms with E-state index in [1.165, 1.54) is 6.07 Å². The van der Waals surface area contributed by atoms with Crippen molar-refractivity contribution < 1.29 is 13.2 Å². The van der Waals surface area contributed by atoms with Gasteiger partial charge in [0.25, 0.3) is 9.05 Å². The van der Waals surface area contributed by atoms with Gasteiger partial charge in [-0.1, -0.05) is 6.07 Å². The van der Waals surface area contributed by atoms with E-state index < -0.39 is 9.05 Å². The fourth-order valence-electron chi connectivity index (χ4n) is 1.97. The van der Waals surface area contributed by atoms with E-state index in [1.807, 2.05) is 12.1 Å². The summed E-state index contributed by atoms with van der Waals surface area (Å²) in [7, 11) is 1.62. The lowest BCUT2D eigenvalue weighted by Crippen LogP contribution is -2.03. The minimum absolute atomic E-state index is 0.00961. The average Bonchev–Trinajstić information content (AvgIpc) is 2.36. The number of pyridine rings is 1. The molecule has 2 rings (SSSR count). The van der Waals surface area contributed by atoms with Crippen molar-refractivity contribution in [1.29, 1.82) is 0 Å². The van der Waals surface area contributed by atoms with Crippen LogP contribution in [0.25, 0.3) is 0 Å². The average molecular weight is 391 g/mol. The summed E-state index contributed by atoms with van der Waals surface area (Å²) in [5, 5.41) is 0. The second-order valence-corrected chi connectivity index (χ2v) is 8.10. The Morgan fingerprint density at radius 2 is 1.95 bits per heavy atom. The van der Waals surface area contributed by atoms with Crippen LogP contribution in [0.5, 0.6) is 5.75 Å². The number of rotatable bonds is 4. The molecule has 2 aromatic rings. The summed E-state index contributed by atoms with van der Waals surface area (Å²) in [4.78, 5) is 4.02. The summed E-state index contributed by atoms with van der Waals surface area (Å²) in [5.74, 6) is 0.274. The van der Waals surface area contributed by atoms with Crippen molar-refractivity contribution in [2.45, 2.75) is 25.3 Å². The molecule has 0 bridgehead atoms. The summed E-state index contributed by atoms with van der Waals surface area (Å²) >= 11 is 3.32. The molecule has 0 aliphatic rings. The van der Waals surface area contributed by atoms with Crippen molar-refractivity contribution in [2.75, 3.05) is 0 Å². The largest absolute Gasteiger partial charge is 0.487 e. The third-order valence-corrected chi connectivity index (χ3v) is 4.55. The van der Waals surface area contributed by atoms with E-state index in [9.17, 15) is 8.42 Å². The van der Waals surface area contributed by atoms with Gasteiger partial charge in [-0.2, -0.15) is 0 Å². The van der Waals surface area contributed by atoms with E-state index in [-0.39, 0.29) is 17.3 Å². The molecule has 1 aromatic carbocycles. The quantitative estimate of drug-likeness (QED) is 0.741. The van der Waals surface area contributed by atoms with Crippen LogP contribution in [0, 0.1) is 13.8 Å². The van der Waals surface area contributed by atoms with E-state index in [1.54, 1.807) is 26.2 Å². The first-order chi connectivity index (χ1) is 9.77. The first-order valence-corrected chi connectivity index (χ1v) is 9.16. The summed E-state index contributed by atoms with van der Waals surface area (Å²) in [6.45, 7) is 3.80. The molecular weight excluding hydrogens is 378 g/mol. The molecule has 0 saturated carbocycles. The van der Waals surface area contributed by atoms with Gasteiger partial charge >= 0.3 is 0 Å². The molecular formula is C14H13BrClNO3S. The van der Waals surface area contributed by atoms with Gasteiger partial charge in [-0.25, -0.2) is 8.42 Å². The summed E-state index contributed by atoms with van der Waals surface area (Å²) < 4.78 is 29.9. The Hall–Kier alpha value is -1.11. The molecule has 0 unspecified atom stereocenters. The van der Waals surface area contributed by atoms with Crippen LogP contribution in [0.1, 0.15) is 16.7 Å². The zero-order chi connectivity index (χ0) is 15.6. The summed E-state index contributed by atoms with van der Waals surface area (Å²) in [6.07, 6.45) is 3.32. The number of nitrogens with zero attached hydrogens (tertiary/aromatic N) is 1. The van der Waals surface area contributed by atoms with E-state index in [0.29, 0.717) is 0 Å². The number of hydrogen-bond acceptors (Lipinski definition) is 4. The number of benzene rings is 1. The third-order valence-electron chi connectivity index (χ3n) is 2.79. The van der Waals surface area contributed by atoms with Crippen LogP contribution in [0.4, 0.5) is 0 Å². The molecule has 0 aliphatic heterocycles. The van der Waals surface area contributed by atoms with Crippen molar-refractivity contribution in [3.63, 3.8) is 0 Å². The highest BCUT2D eigenvalue weighted by Crippen LogP contribution is 2.32. The normalized spacial score (nSPS) is 11.4. The Bertz CT molecular complexity index is 778. The highest BCUT2D eigenvalue weighted by molar-refractivity contribution is 9.10. The van der Waals surface area contributed by atoms with Gasteiger partial charge in [0.2, 0.25) is 0 Å². The van der Waals surface area contributed by atoms with Crippen LogP contribution in [0.2, 0.25) is 0 Å². The molecule has 0 spiro atoms. The van der Waals surface area contributed by atoms with Gasteiger partial charge in [-0.15, -0.1) is 0 Å². The molecule has 0 radical (unpaired) electrons. The second kappa shape index (κ2) is 6.34. The molecule has 0 fully saturated rings. The lowest BCUT2D eigenvalue weighted by Gasteiger charge is -2.13. The molecule has 0 amide bonds. The maximum absolute atomic E-state index is 11.7. The summed E-state index contributed by atoms with van der Waals surface area (Å²) in [5.41, 5.74) is 2.35. The van der Waals surface area contributed by atoms with Crippen molar-refractivity contribution in [1.82, 2.24) is 4.98 Å². The lowest BCUT2D eigenvalue weighted by atomic mass is 10.1. The monoisotopic (exact) mass is 389 g/mol. The molecule has 0 saturated heterocycles. The van der Waals surface area contributed by atoms with E-state index in [0.717, 1.165) is 21.2 Å². The molecule has 1 heterocycles. The van der Waals surface area contributed by atoms with Gasteiger partial charge in [0, 0.05) is 33.1 Å². The van der Waals surface area contributed by atoms with Crippen LogP contribution in [-0.2, 0) is 15.7 Å². The Morgan fingerprint density at radius 1 is 1.24 bits per heavy atom. The second-order valence-electron chi connectivity index (χ2n) is 4.65. The van der Waals surface area contributed by atoms with Crippen LogP contribution in [0.15, 0.2) is 40.0 Å². The maximum atomic E-state index is 11.7. The van der Waals surface area contributed by atoms with E-state index in [4.69, 9.17) is 15.4 Å². The van der Waals surface area contributed by atoms with Crippen LogP contribution in [-0.4, -0.2) is 13.4 Å². The standard InChI is InChI=1S/C14H13BrClNO3S/c1-9-3-10(2)14(13(4-9)21(16,18)19)20-8-11-5-12(15)7-17-6-11/h3-7H,8H2,1-2H3. The van der Waals surface area contributed by atoms with Crippen molar-refractivity contribution in [2.24, 2.45) is 0 Å². The first kappa shape index (κ1) is 16.3. The molecule has 21 heavy (non-hydrogen) atoms. The van der Waals surface area contributed by atoms with Gasteiger partial charge in [0.1, 0.15) is 17.3 Å². The molecule has 1 aromatic heterocycles. The van der Waals surface area contributed by atoms with Crippen molar-refractivity contribution in [3.8, 4) is 5.75 Å². The maximum Gasteiger partial charge on any atom is 0.265 e. The Labute approximate surface area is 136 Å². The zero-order valence-corrected chi connectivity index (χ0v) is 14.6. The topological polar surface area (TPSA) is 56.3 Å². The van der Waals surface area contributed by atoms with Crippen LogP contribution in [0.3, 0.4) is 0 Å². The molecule has 0 N–H and O–H groups in total. The van der Waals surface area contributed by atoms with Gasteiger partial charge in [0.15, 0.2) is 0 Å². The van der Waals surface area contributed by atoms with E-state index >= 15 is 0 Å². The highest BCUT2D eigenvalue weighted by Gasteiger charge is 2.19. The zero-order valence-electron chi connectivity index (χ0n) is 11.4. The molecule has 0 atom stereocenters. The van der Waals surface area contributed by atoms with Crippen molar-refractivity contribution in [3.05, 3.63) is 51.8 Å². The fraction of sp³-hybridized carbons (Fsp3) is 0.214. The predicted octanol–water partition coefficient (Wildman–Crippen LogP) is 3.97. The SMILES string of the molecule is Cc1cc(C)c(OCc2cncc(Br)c2)c(S(=O)(=O)Cl)c1. The van der Waals surface area contributed by atoms with Gasteiger partial charge in [-0.05, 0) is 53.0 Å². The smallest absolute Gasteiger partial charge is 0.265 e. The van der Waals surface area contributed by atoms with Crippen LogP contribution < -0.4 is 4.74 Å². The molecule has 7 heteroatoms. The van der Waals surface area contributed by atoms with Gasteiger partial charge < -0.3 is 4.74 Å². The number of aromatic nitrogens is 1. The van der Waals surface area contributed by atoms with Gasteiger partial charge in [-0.3, -0.25) is 4.98 Å². The Balaban J connectivity index is 2.36.